The average Bonchev–Trinajstić information content (AvgIpc) is 2.59. The maximum Gasteiger partial charge on any atom is 0.308 e. The van der Waals surface area contributed by atoms with Gasteiger partial charge >= 0.3 is 5.97 Å². The van der Waals surface area contributed by atoms with E-state index in [2.05, 4.69) is 0 Å². The van der Waals surface area contributed by atoms with Crippen LogP contribution in [0, 0.1) is 11.8 Å². The Kier molecular flexibility index (Phi) is 2.40. The summed E-state index contributed by atoms with van der Waals surface area (Å²) in [4.78, 5) is 22.5. The van der Waals surface area contributed by atoms with Crippen molar-refractivity contribution in [3.8, 4) is 0 Å². The topological polar surface area (TPSA) is 43.4 Å². The van der Waals surface area contributed by atoms with Gasteiger partial charge < -0.3 is 4.74 Å². The molecular weight excluding hydrogens is 180 g/mol. The molecule has 0 radical (unpaired) electrons. The Bertz CT molecular complexity index is 304. The van der Waals surface area contributed by atoms with E-state index in [1.54, 1.807) is 6.08 Å². The summed E-state index contributed by atoms with van der Waals surface area (Å²) in [5.74, 6) is 0.522. The van der Waals surface area contributed by atoms with Gasteiger partial charge in [-0.25, -0.2) is 0 Å². The molecule has 0 spiro atoms. The standard InChI is InChI=1S/C11H14O3/c1-14-11(13)9-4-7-2-3-10(12)6-8(7)5-9/h6-7,9H,2-5H2,1H3/t7-,9+/m0/s1. The predicted octanol–water partition coefficient (Wildman–Crippen LogP) is 1.47. The first kappa shape index (κ1) is 9.44. The largest absolute Gasteiger partial charge is 0.469 e. The molecule has 1 saturated carbocycles. The molecule has 2 aliphatic rings. The van der Waals surface area contributed by atoms with E-state index in [-0.39, 0.29) is 17.7 Å². The summed E-state index contributed by atoms with van der Waals surface area (Å²) in [5.41, 5.74) is 1.16. The van der Waals surface area contributed by atoms with Gasteiger partial charge in [0, 0.05) is 6.42 Å². The highest BCUT2D eigenvalue weighted by Gasteiger charge is 2.36. The van der Waals surface area contributed by atoms with Gasteiger partial charge in [0.15, 0.2) is 5.78 Å². The number of ether oxygens (including phenoxy) is 1. The summed E-state index contributed by atoms with van der Waals surface area (Å²) < 4.78 is 4.72. The summed E-state index contributed by atoms with van der Waals surface area (Å²) in [5, 5.41) is 0. The van der Waals surface area contributed by atoms with Crippen LogP contribution in [0.2, 0.25) is 0 Å². The lowest BCUT2D eigenvalue weighted by Crippen LogP contribution is -2.13. The number of ketones is 1. The van der Waals surface area contributed by atoms with Crippen molar-refractivity contribution in [3.05, 3.63) is 11.6 Å². The van der Waals surface area contributed by atoms with Gasteiger partial charge in [-0.05, 0) is 31.3 Å². The van der Waals surface area contributed by atoms with Crippen LogP contribution in [0.3, 0.4) is 0 Å². The first-order valence-corrected chi connectivity index (χ1v) is 5.02. The number of methoxy groups -OCH3 is 1. The van der Waals surface area contributed by atoms with Crippen LogP contribution in [-0.4, -0.2) is 18.9 Å². The van der Waals surface area contributed by atoms with Gasteiger partial charge in [0.1, 0.15) is 0 Å². The molecule has 0 aliphatic heterocycles. The second-order valence-electron chi connectivity index (χ2n) is 4.08. The minimum Gasteiger partial charge on any atom is -0.469 e. The fourth-order valence-corrected chi connectivity index (χ4v) is 2.45. The number of esters is 1. The molecule has 0 N–H and O–H groups in total. The Morgan fingerprint density at radius 3 is 3.07 bits per heavy atom. The van der Waals surface area contributed by atoms with Crippen LogP contribution >= 0.6 is 0 Å². The molecule has 0 amide bonds. The van der Waals surface area contributed by atoms with Gasteiger partial charge in [0.2, 0.25) is 0 Å². The number of hydrogen-bond donors (Lipinski definition) is 0. The van der Waals surface area contributed by atoms with Gasteiger partial charge in [-0.2, -0.15) is 0 Å². The summed E-state index contributed by atoms with van der Waals surface area (Å²) in [6.07, 6.45) is 4.88. The highest BCUT2D eigenvalue weighted by molar-refractivity contribution is 5.91. The lowest BCUT2D eigenvalue weighted by molar-refractivity contribution is -0.145. The zero-order valence-corrected chi connectivity index (χ0v) is 8.29. The third-order valence-corrected chi connectivity index (χ3v) is 3.20. The lowest BCUT2D eigenvalue weighted by atomic mass is 9.90. The molecule has 14 heavy (non-hydrogen) atoms. The molecule has 0 saturated heterocycles. The molecule has 76 valence electrons. The Balaban J connectivity index is 2.10. The molecular formula is C11H14O3. The van der Waals surface area contributed by atoms with E-state index in [1.165, 1.54) is 7.11 Å². The number of fused-ring (bicyclic) bond motifs is 1. The summed E-state index contributed by atoms with van der Waals surface area (Å²) in [6.45, 7) is 0. The van der Waals surface area contributed by atoms with Crippen molar-refractivity contribution in [1.29, 1.82) is 0 Å². The number of carbonyl (C=O) groups excluding carboxylic acids is 2. The van der Waals surface area contributed by atoms with Gasteiger partial charge in [-0.3, -0.25) is 9.59 Å². The van der Waals surface area contributed by atoms with E-state index >= 15 is 0 Å². The van der Waals surface area contributed by atoms with E-state index in [9.17, 15) is 9.59 Å². The quantitative estimate of drug-likeness (QED) is 0.594. The van der Waals surface area contributed by atoms with E-state index < -0.39 is 0 Å². The molecule has 0 unspecified atom stereocenters. The van der Waals surface area contributed by atoms with Crippen LogP contribution < -0.4 is 0 Å². The van der Waals surface area contributed by atoms with Crippen LogP contribution in [-0.2, 0) is 14.3 Å². The van der Waals surface area contributed by atoms with Crippen LogP contribution in [0.25, 0.3) is 0 Å². The molecule has 0 heterocycles. The number of hydrogen-bond acceptors (Lipinski definition) is 3. The highest BCUT2D eigenvalue weighted by atomic mass is 16.5. The van der Waals surface area contributed by atoms with Gasteiger partial charge in [0.25, 0.3) is 0 Å². The Morgan fingerprint density at radius 2 is 2.36 bits per heavy atom. The van der Waals surface area contributed by atoms with Gasteiger partial charge in [-0.1, -0.05) is 5.57 Å². The molecule has 2 aliphatic carbocycles. The smallest absolute Gasteiger partial charge is 0.308 e. The number of allylic oxidation sites excluding steroid dienone is 2. The Labute approximate surface area is 83.1 Å². The number of carbonyl (C=O) groups is 2. The van der Waals surface area contributed by atoms with Crippen LogP contribution in [0.4, 0.5) is 0 Å². The molecule has 0 aromatic rings. The normalized spacial score (nSPS) is 30.9. The van der Waals surface area contributed by atoms with Crippen molar-refractivity contribution in [2.24, 2.45) is 11.8 Å². The zero-order chi connectivity index (χ0) is 10.1. The fourth-order valence-electron chi connectivity index (χ4n) is 2.45. The minimum atomic E-state index is -0.132. The van der Waals surface area contributed by atoms with Crippen LogP contribution in [0.15, 0.2) is 11.6 Å². The van der Waals surface area contributed by atoms with Gasteiger partial charge in [0.05, 0.1) is 13.0 Å². The second-order valence-corrected chi connectivity index (χ2v) is 4.08. The maximum atomic E-state index is 11.3. The van der Waals surface area contributed by atoms with Crippen molar-refractivity contribution in [2.75, 3.05) is 7.11 Å². The fraction of sp³-hybridized carbons (Fsp3) is 0.636. The molecule has 2 atom stereocenters. The molecule has 0 aromatic heterocycles. The summed E-state index contributed by atoms with van der Waals surface area (Å²) in [6, 6.07) is 0. The lowest BCUT2D eigenvalue weighted by Gasteiger charge is -2.15. The zero-order valence-electron chi connectivity index (χ0n) is 8.29. The molecule has 0 aromatic carbocycles. The second kappa shape index (κ2) is 3.56. The maximum absolute atomic E-state index is 11.3. The average molecular weight is 194 g/mol. The van der Waals surface area contributed by atoms with Gasteiger partial charge in [-0.15, -0.1) is 0 Å². The molecule has 1 fully saturated rings. The van der Waals surface area contributed by atoms with Crippen molar-refractivity contribution in [2.45, 2.75) is 25.7 Å². The monoisotopic (exact) mass is 194 g/mol. The van der Waals surface area contributed by atoms with Crippen LogP contribution in [0.1, 0.15) is 25.7 Å². The van der Waals surface area contributed by atoms with E-state index in [0.29, 0.717) is 12.3 Å². The highest BCUT2D eigenvalue weighted by Crippen LogP contribution is 2.41. The van der Waals surface area contributed by atoms with Crippen LogP contribution in [0.5, 0.6) is 0 Å². The third kappa shape index (κ3) is 1.59. The van der Waals surface area contributed by atoms with E-state index in [1.807, 2.05) is 0 Å². The minimum absolute atomic E-state index is 0.0119. The first-order valence-electron chi connectivity index (χ1n) is 5.02. The van der Waals surface area contributed by atoms with Crippen molar-refractivity contribution < 1.29 is 14.3 Å². The van der Waals surface area contributed by atoms with Crippen molar-refractivity contribution in [1.82, 2.24) is 0 Å². The van der Waals surface area contributed by atoms with Crippen molar-refractivity contribution >= 4 is 11.8 Å². The summed E-state index contributed by atoms with van der Waals surface area (Å²) in [7, 11) is 1.42. The Morgan fingerprint density at radius 1 is 1.57 bits per heavy atom. The molecule has 3 heteroatoms. The molecule has 0 bridgehead atoms. The van der Waals surface area contributed by atoms with Crippen molar-refractivity contribution in [3.63, 3.8) is 0 Å². The molecule has 2 rings (SSSR count). The predicted molar refractivity (Wildman–Crippen MR) is 50.6 cm³/mol. The first-order chi connectivity index (χ1) is 6.70. The Hall–Kier alpha value is -1.12. The van der Waals surface area contributed by atoms with E-state index in [0.717, 1.165) is 24.8 Å². The third-order valence-electron chi connectivity index (χ3n) is 3.20. The van der Waals surface area contributed by atoms with E-state index in [4.69, 9.17) is 4.74 Å². The molecule has 3 nitrogen and oxygen atoms in total. The summed E-state index contributed by atoms with van der Waals surface area (Å²) >= 11 is 0. The number of rotatable bonds is 1. The SMILES string of the molecule is COC(=O)[C@H]1CC2=CC(=O)CC[C@H]2C1.